The normalized spacial score (nSPS) is 11.1. The van der Waals surface area contributed by atoms with Crippen molar-refractivity contribution in [3.8, 4) is 5.75 Å². The van der Waals surface area contributed by atoms with Crippen LogP contribution >= 0.6 is 0 Å². The van der Waals surface area contributed by atoms with Crippen LogP contribution in [0.5, 0.6) is 5.75 Å². The molecule has 6 heteroatoms. The van der Waals surface area contributed by atoms with Crippen LogP contribution in [-0.2, 0) is 6.42 Å². The van der Waals surface area contributed by atoms with Gasteiger partial charge in [-0.05, 0) is 48.4 Å². The highest BCUT2D eigenvalue weighted by Crippen LogP contribution is 2.23. The Morgan fingerprint density at radius 2 is 1.82 bits per heavy atom. The number of amides is 1. The van der Waals surface area contributed by atoms with Crippen molar-refractivity contribution in [1.29, 1.82) is 0 Å². The molecule has 1 N–H and O–H groups in total. The number of anilines is 1. The lowest BCUT2D eigenvalue weighted by Gasteiger charge is -2.10. The number of carbonyl (C=O) groups excluding carboxylic acids is 1. The number of rotatable bonds is 4. The van der Waals surface area contributed by atoms with Crippen LogP contribution in [-0.4, -0.2) is 12.3 Å². The predicted octanol–water partition coefficient (Wildman–Crippen LogP) is 4.40. The summed E-state index contributed by atoms with van der Waals surface area (Å²) in [4.78, 5) is 12.0. The van der Waals surface area contributed by atoms with Crippen molar-refractivity contribution in [3.63, 3.8) is 0 Å². The topological polar surface area (TPSA) is 38.3 Å². The molecule has 0 aliphatic rings. The zero-order valence-electron chi connectivity index (χ0n) is 11.8. The average Bonchev–Trinajstić information content (AvgIpc) is 2.46. The minimum atomic E-state index is -4.75. The summed E-state index contributed by atoms with van der Waals surface area (Å²) in [5.41, 5.74) is 1.96. The fraction of sp³-hybridized carbons (Fsp3) is 0.188. The second-order valence-electron chi connectivity index (χ2n) is 4.58. The summed E-state index contributed by atoms with van der Waals surface area (Å²) in [6.07, 6.45) is -3.91. The summed E-state index contributed by atoms with van der Waals surface area (Å²) in [6.45, 7) is 2.00. The SMILES string of the molecule is CCc1cccc(NC(=O)c2ccc(OC(F)(F)F)cc2)c1. The molecule has 0 aliphatic heterocycles. The second kappa shape index (κ2) is 6.51. The van der Waals surface area contributed by atoms with Crippen LogP contribution in [0.25, 0.3) is 0 Å². The fourth-order valence-electron chi connectivity index (χ4n) is 1.88. The van der Waals surface area contributed by atoms with Crippen LogP contribution in [0, 0.1) is 0 Å². The molecule has 0 fully saturated rings. The van der Waals surface area contributed by atoms with Gasteiger partial charge in [-0.3, -0.25) is 4.79 Å². The molecular weight excluding hydrogens is 295 g/mol. The first-order chi connectivity index (χ1) is 10.4. The highest BCUT2D eigenvalue weighted by molar-refractivity contribution is 6.04. The quantitative estimate of drug-likeness (QED) is 0.909. The monoisotopic (exact) mass is 309 g/mol. The van der Waals surface area contributed by atoms with Crippen LogP contribution in [0.3, 0.4) is 0 Å². The highest BCUT2D eigenvalue weighted by atomic mass is 19.4. The van der Waals surface area contributed by atoms with Crippen molar-refractivity contribution < 1.29 is 22.7 Å². The Morgan fingerprint density at radius 3 is 2.41 bits per heavy atom. The van der Waals surface area contributed by atoms with Crippen LogP contribution in [0.15, 0.2) is 48.5 Å². The summed E-state index contributed by atoms with van der Waals surface area (Å²) < 4.78 is 39.9. The Morgan fingerprint density at radius 1 is 1.14 bits per heavy atom. The molecule has 0 unspecified atom stereocenters. The minimum Gasteiger partial charge on any atom is -0.406 e. The van der Waals surface area contributed by atoms with E-state index in [9.17, 15) is 18.0 Å². The maximum absolute atomic E-state index is 12.1. The van der Waals surface area contributed by atoms with Gasteiger partial charge in [0.25, 0.3) is 5.91 Å². The van der Waals surface area contributed by atoms with E-state index in [2.05, 4.69) is 10.1 Å². The van der Waals surface area contributed by atoms with Crippen molar-refractivity contribution >= 4 is 11.6 Å². The third-order valence-electron chi connectivity index (χ3n) is 2.94. The predicted molar refractivity (Wildman–Crippen MR) is 76.9 cm³/mol. The molecule has 0 saturated carbocycles. The molecule has 2 rings (SSSR count). The molecule has 1 amide bonds. The van der Waals surface area contributed by atoms with Gasteiger partial charge in [0.2, 0.25) is 0 Å². The number of hydrogen-bond donors (Lipinski definition) is 1. The van der Waals surface area contributed by atoms with Crippen molar-refractivity contribution in [1.82, 2.24) is 0 Å². The molecule has 116 valence electrons. The maximum atomic E-state index is 12.1. The Bertz CT molecular complexity index is 651. The molecule has 0 radical (unpaired) electrons. The third kappa shape index (κ3) is 4.51. The molecule has 2 aromatic carbocycles. The lowest BCUT2D eigenvalue weighted by atomic mass is 10.1. The Balaban J connectivity index is 2.06. The van der Waals surface area contributed by atoms with Gasteiger partial charge in [0, 0.05) is 11.3 Å². The molecule has 0 heterocycles. The number of aryl methyl sites for hydroxylation is 1. The first-order valence-corrected chi connectivity index (χ1v) is 6.63. The summed E-state index contributed by atoms with van der Waals surface area (Å²) >= 11 is 0. The molecule has 0 spiro atoms. The Hall–Kier alpha value is -2.50. The Kier molecular flexibility index (Phi) is 4.70. The van der Waals surface area contributed by atoms with Gasteiger partial charge in [-0.25, -0.2) is 0 Å². The molecule has 0 aliphatic carbocycles. The number of carbonyl (C=O) groups is 1. The Labute approximate surface area is 125 Å². The summed E-state index contributed by atoms with van der Waals surface area (Å²) in [5, 5.41) is 2.70. The van der Waals surface area contributed by atoms with E-state index in [1.54, 1.807) is 6.07 Å². The summed E-state index contributed by atoms with van der Waals surface area (Å²) in [5.74, 6) is -0.760. The van der Waals surface area contributed by atoms with Gasteiger partial charge < -0.3 is 10.1 Å². The van der Waals surface area contributed by atoms with E-state index >= 15 is 0 Å². The maximum Gasteiger partial charge on any atom is 0.573 e. The fourth-order valence-corrected chi connectivity index (χ4v) is 1.88. The third-order valence-corrected chi connectivity index (χ3v) is 2.94. The van der Waals surface area contributed by atoms with Gasteiger partial charge in [-0.1, -0.05) is 19.1 Å². The van der Waals surface area contributed by atoms with Gasteiger partial charge in [0.15, 0.2) is 0 Å². The zero-order chi connectivity index (χ0) is 16.2. The molecule has 0 atom stereocenters. The lowest BCUT2D eigenvalue weighted by Crippen LogP contribution is -2.17. The van der Waals surface area contributed by atoms with Gasteiger partial charge in [-0.2, -0.15) is 0 Å². The zero-order valence-corrected chi connectivity index (χ0v) is 11.8. The van der Waals surface area contributed by atoms with Gasteiger partial charge in [0.1, 0.15) is 5.75 Å². The van der Waals surface area contributed by atoms with Gasteiger partial charge in [-0.15, -0.1) is 13.2 Å². The van der Waals surface area contributed by atoms with Crippen molar-refractivity contribution in [2.45, 2.75) is 19.7 Å². The number of benzene rings is 2. The highest BCUT2D eigenvalue weighted by Gasteiger charge is 2.31. The number of nitrogens with one attached hydrogen (secondary N) is 1. The van der Waals surface area contributed by atoms with E-state index in [1.807, 2.05) is 25.1 Å². The van der Waals surface area contributed by atoms with Crippen molar-refractivity contribution in [2.75, 3.05) is 5.32 Å². The molecular formula is C16H14F3NO2. The lowest BCUT2D eigenvalue weighted by molar-refractivity contribution is -0.274. The van der Waals surface area contributed by atoms with Crippen LogP contribution in [0.4, 0.5) is 18.9 Å². The first-order valence-electron chi connectivity index (χ1n) is 6.63. The van der Waals surface area contributed by atoms with E-state index in [1.165, 1.54) is 12.1 Å². The molecule has 0 bridgehead atoms. The minimum absolute atomic E-state index is 0.247. The first kappa shape index (κ1) is 15.9. The van der Waals surface area contributed by atoms with E-state index in [4.69, 9.17) is 0 Å². The molecule has 0 saturated heterocycles. The van der Waals surface area contributed by atoms with Crippen LogP contribution in [0.2, 0.25) is 0 Å². The van der Waals surface area contributed by atoms with Crippen molar-refractivity contribution in [2.24, 2.45) is 0 Å². The number of alkyl halides is 3. The van der Waals surface area contributed by atoms with E-state index in [0.29, 0.717) is 5.69 Å². The van der Waals surface area contributed by atoms with E-state index in [0.717, 1.165) is 24.1 Å². The average molecular weight is 309 g/mol. The molecule has 3 nitrogen and oxygen atoms in total. The largest absolute Gasteiger partial charge is 0.573 e. The van der Waals surface area contributed by atoms with Crippen molar-refractivity contribution in [3.05, 3.63) is 59.7 Å². The second-order valence-corrected chi connectivity index (χ2v) is 4.58. The number of hydrogen-bond acceptors (Lipinski definition) is 2. The van der Waals surface area contributed by atoms with Gasteiger partial charge >= 0.3 is 6.36 Å². The van der Waals surface area contributed by atoms with Crippen LogP contribution < -0.4 is 10.1 Å². The standard InChI is InChI=1S/C16H14F3NO2/c1-2-11-4-3-5-13(10-11)20-15(21)12-6-8-14(9-7-12)22-16(17,18)19/h3-10H,2H2,1H3,(H,20,21). The summed E-state index contributed by atoms with van der Waals surface area (Å²) in [6, 6.07) is 12.1. The van der Waals surface area contributed by atoms with E-state index < -0.39 is 12.3 Å². The molecule has 0 aromatic heterocycles. The number of ether oxygens (including phenoxy) is 1. The smallest absolute Gasteiger partial charge is 0.406 e. The number of halogens is 3. The molecule has 22 heavy (non-hydrogen) atoms. The van der Waals surface area contributed by atoms with Crippen LogP contribution in [0.1, 0.15) is 22.8 Å². The van der Waals surface area contributed by atoms with E-state index in [-0.39, 0.29) is 11.3 Å². The molecule has 2 aromatic rings. The van der Waals surface area contributed by atoms with Gasteiger partial charge in [0.05, 0.1) is 0 Å². The summed E-state index contributed by atoms with van der Waals surface area (Å²) in [7, 11) is 0.